The zero-order chi connectivity index (χ0) is 22.7. The van der Waals surface area contributed by atoms with Gasteiger partial charge < -0.3 is 9.64 Å². The first-order valence-electron chi connectivity index (χ1n) is 12.5. The number of halogens is 1. The second-order valence-electron chi connectivity index (χ2n) is 11.1. The molecule has 4 aliphatic carbocycles. The quantitative estimate of drug-likeness (QED) is 0.549. The van der Waals surface area contributed by atoms with Crippen molar-refractivity contribution in [3.63, 3.8) is 0 Å². The Hall–Kier alpha value is -1.73. The molecular weight excluding hydrogens is 484 g/mol. The number of imide groups is 1. The topological polar surface area (TPSA) is 66.9 Å². The van der Waals surface area contributed by atoms with Gasteiger partial charge in [-0.05, 0) is 93.4 Å². The van der Waals surface area contributed by atoms with Crippen LogP contribution in [0.2, 0.25) is 0 Å². The van der Waals surface area contributed by atoms with Gasteiger partial charge in [0.2, 0.25) is 11.8 Å². The van der Waals surface area contributed by atoms with Crippen molar-refractivity contribution in [2.45, 2.75) is 69.9 Å². The molecule has 6 aliphatic rings. The fourth-order valence-electron chi connectivity index (χ4n) is 7.76. The molecule has 2 atom stereocenters. The van der Waals surface area contributed by atoms with Gasteiger partial charge in [0.1, 0.15) is 6.04 Å². The van der Waals surface area contributed by atoms with Gasteiger partial charge in [0.25, 0.3) is 5.91 Å². The number of nitrogens with zero attached hydrogens (tertiary/aromatic N) is 2. The maximum absolute atomic E-state index is 14.3. The van der Waals surface area contributed by atoms with Crippen LogP contribution in [-0.4, -0.2) is 47.9 Å². The molecule has 0 radical (unpaired) electrons. The van der Waals surface area contributed by atoms with E-state index in [1.807, 2.05) is 12.1 Å². The first-order chi connectivity index (χ1) is 15.9. The van der Waals surface area contributed by atoms with Crippen LogP contribution in [0.15, 0.2) is 28.7 Å². The molecule has 176 valence electrons. The van der Waals surface area contributed by atoms with Crippen LogP contribution in [0.4, 0.5) is 5.69 Å². The average molecular weight is 515 g/mol. The average Bonchev–Trinajstić information content (AvgIpc) is 3.39. The third-order valence-electron chi connectivity index (χ3n) is 8.76. The van der Waals surface area contributed by atoms with Crippen molar-refractivity contribution in [1.82, 2.24) is 4.90 Å². The van der Waals surface area contributed by atoms with Crippen molar-refractivity contribution < 1.29 is 19.1 Å². The van der Waals surface area contributed by atoms with Crippen LogP contribution in [0.1, 0.15) is 57.8 Å². The normalized spacial score (nSPS) is 37.2. The third kappa shape index (κ3) is 3.75. The molecule has 2 aliphatic heterocycles. The number of carbonyl (C=O) groups is 3. The van der Waals surface area contributed by atoms with Gasteiger partial charge in [-0.3, -0.25) is 14.4 Å². The third-order valence-corrected chi connectivity index (χ3v) is 9.29. The van der Waals surface area contributed by atoms with Crippen LogP contribution in [-0.2, 0) is 19.1 Å². The standard InChI is InChI=1S/C26H31BrN2O4/c27-19-3-5-20(6-4-19)29-23(30)11-22(24(29)31)28(15-21-2-1-7-33-21)25(32)26-12-16-8-17(13-26)10-18(9-16)14-26/h3-6,16-18,21-22H,1-2,7-15H2. The summed E-state index contributed by atoms with van der Waals surface area (Å²) in [6.07, 6.45) is 8.51. The minimum Gasteiger partial charge on any atom is -0.376 e. The minimum absolute atomic E-state index is 0.0486. The molecule has 6 fully saturated rings. The monoisotopic (exact) mass is 514 g/mol. The predicted octanol–water partition coefficient (Wildman–Crippen LogP) is 4.31. The predicted molar refractivity (Wildman–Crippen MR) is 126 cm³/mol. The smallest absolute Gasteiger partial charge is 0.257 e. The fraction of sp³-hybridized carbons (Fsp3) is 0.654. The van der Waals surface area contributed by atoms with Gasteiger partial charge in [-0.15, -0.1) is 0 Å². The summed E-state index contributed by atoms with van der Waals surface area (Å²) in [5.41, 5.74) is 0.219. The van der Waals surface area contributed by atoms with E-state index >= 15 is 0 Å². The maximum atomic E-state index is 14.3. The van der Waals surface area contributed by atoms with E-state index in [-0.39, 0.29) is 35.7 Å². The molecule has 3 amide bonds. The van der Waals surface area contributed by atoms with Crippen molar-refractivity contribution in [2.24, 2.45) is 23.2 Å². The number of rotatable bonds is 5. The van der Waals surface area contributed by atoms with Crippen molar-refractivity contribution in [1.29, 1.82) is 0 Å². The molecule has 7 heteroatoms. The van der Waals surface area contributed by atoms with Gasteiger partial charge in [-0.25, -0.2) is 4.90 Å². The number of carbonyl (C=O) groups excluding carboxylic acids is 3. The lowest BCUT2D eigenvalue weighted by Gasteiger charge is -2.57. The molecule has 2 heterocycles. The van der Waals surface area contributed by atoms with Gasteiger partial charge in [-0.2, -0.15) is 0 Å². The summed E-state index contributed by atoms with van der Waals surface area (Å²) < 4.78 is 6.78. The van der Waals surface area contributed by atoms with Crippen molar-refractivity contribution in [3.05, 3.63) is 28.7 Å². The van der Waals surface area contributed by atoms with E-state index in [4.69, 9.17) is 4.74 Å². The molecule has 33 heavy (non-hydrogen) atoms. The lowest BCUT2D eigenvalue weighted by atomic mass is 9.49. The van der Waals surface area contributed by atoms with Crippen LogP contribution in [0.3, 0.4) is 0 Å². The zero-order valence-electron chi connectivity index (χ0n) is 18.9. The maximum Gasteiger partial charge on any atom is 0.257 e. The number of hydrogen-bond donors (Lipinski definition) is 0. The highest BCUT2D eigenvalue weighted by atomic mass is 79.9. The van der Waals surface area contributed by atoms with Crippen LogP contribution in [0.25, 0.3) is 0 Å². The summed E-state index contributed by atoms with van der Waals surface area (Å²) in [7, 11) is 0. The molecular formula is C26H31BrN2O4. The lowest BCUT2D eigenvalue weighted by molar-refractivity contribution is -0.163. The van der Waals surface area contributed by atoms with Gasteiger partial charge >= 0.3 is 0 Å². The molecule has 1 aromatic carbocycles. The highest BCUT2D eigenvalue weighted by molar-refractivity contribution is 9.10. The molecule has 1 aromatic rings. The van der Waals surface area contributed by atoms with E-state index < -0.39 is 6.04 Å². The largest absolute Gasteiger partial charge is 0.376 e. The summed E-state index contributed by atoms with van der Waals surface area (Å²) in [5, 5.41) is 0. The molecule has 0 spiro atoms. The van der Waals surface area contributed by atoms with Crippen LogP contribution < -0.4 is 4.90 Å². The summed E-state index contributed by atoms with van der Waals surface area (Å²) >= 11 is 3.41. The Labute approximate surface area is 203 Å². The van der Waals surface area contributed by atoms with Crippen molar-refractivity contribution in [2.75, 3.05) is 18.1 Å². The van der Waals surface area contributed by atoms with Crippen LogP contribution >= 0.6 is 15.9 Å². The number of ether oxygens (including phenoxy) is 1. The SMILES string of the molecule is O=C1CC(N(CC2CCCO2)C(=O)C23CC4CC(CC(C4)C2)C3)C(=O)N1c1ccc(Br)cc1. The lowest BCUT2D eigenvalue weighted by Crippen LogP contribution is -2.58. The molecule has 2 saturated heterocycles. The molecule has 0 N–H and O–H groups in total. The van der Waals surface area contributed by atoms with E-state index in [2.05, 4.69) is 15.9 Å². The highest BCUT2D eigenvalue weighted by Gasteiger charge is 2.57. The van der Waals surface area contributed by atoms with Gasteiger partial charge in [0.15, 0.2) is 0 Å². The molecule has 4 saturated carbocycles. The Morgan fingerprint density at radius 3 is 2.27 bits per heavy atom. The Morgan fingerprint density at radius 2 is 1.70 bits per heavy atom. The Kier molecular flexibility index (Phi) is 5.41. The van der Waals surface area contributed by atoms with E-state index in [0.717, 1.165) is 36.6 Å². The van der Waals surface area contributed by atoms with Crippen LogP contribution in [0, 0.1) is 23.2 Å². The summed E-state index contributed by atoms with van der Waals surface area (Å²) in [5.74, 6) is 1.53. The van der Waals surface area contributed by atoms with E-state index in [9.17, 15) is 14.4 Å². The van der Waals surface area contributed by atoms with E-state index in [0.29, 0.717) is 36.6 Å². The molecule has 7 rings (SSSR count). The number of amides is 3. The highest BCUT2D eigenvalue weighted by Crippen LogP contribution is 2.60. The zero-order valence-corrected chi connectivity index (χ0v) is 20.5. The first kappa shape index (κ1) is 21.8. The minimum atomic E-state index is -0.731. The summed E-state index contributed by atoms with van der Waals surface area (Å²) in [6.45, 7) is 1.12. The summed E-state index contributed by atoms with van der Waals surface area (Å²) in [6, 6.07) is 6.47. The second-order valence-corrected chi connectivity index (χ2v) is 12.0. The first-order valence-corrected chi connectivity index (χ1v) is 13.3. The number of benzene rings is 1. The molecule has 0 aromatic heterocycles. The van der Waals surface area contributed by atoms with Crippen molar-refractivity contribution in [3.8, 4) is 0 Å². The van der Waals surface area contributed by atoms with E-state index in [1.165, 1.54) is 24.2 Å². The molecule has 4 bridgehead atoms. The number of anilines is 1. The Balaban J connectivity index is 1.31. The van der Waals surface area contributed by atoms with Gasteiger partial charge in [0.05, 0.1) is 23.6 Å². The Morgan fingerprint density at radius 1 is 1.06 bits per heavy atom. The number of hydrogen-bond acceptors (Lipinski definition) is 4. The molecule has 2 unspecified atom stereocenters. The van der Waals surface area contributed by atoms with Crippen molar-refractivity contribution >= 4 is 39.3 Å². The second kappa shape index (κ2) is 8.19. The van der Waals surface area contributed by atoms with Gasteiger partial charge in [0, 0.05) is 17.6 Å². The van der Waals surface area contributed by atoms with Gasteiger partial charge in [-0.1, -0.05) is 15.9 Å². The fourth-order valence-corrected chi connectivity index (χ4v) is 8.02. The van der Waals surface area contributed by atoms with Crippen LogP contribution in [0.5, 0.6) is 0 Å². The van der Waals surface area contributed by atoms with E-state index in [1.54, 1.807) is 17.0 Å². The summed E-state index contributed by atoms with van der Waals surface area (Å²) in [4.78, 5) is 44.0. The Bertz CT molecular complexity index is 936. The molecule has 6 nitrogen and oxygen atoms in total.